The molecule has 0 bridgehead atoms. The van der Waals surface area contributed by atoms with Crippen LogP contribution < -0.4 is 0 Å². The van der Waals surface area contributed by atoms with Gasteiger partial charge in [-0.3, -0.25) is 9.97 Å². The summed E-state index contributed by atoms with van der Waals surface area (Å²) >= 11 is 0. The minimum absolute atomic E-state index is 0.186. The van der Waals surface area contributed by atoms with E-state index in [-0.39, 0.29) is 17.0 Å². The van der Waals surface area contributed by atoms with Crippen LogP contribution in [0.15, 0.2) is 60.9 Å². The van der Waals surface area contributed by atoms with Crippen molar-refractivity contribution in [3.05, 3.63) is 84.2 Å². The Morgan fingerprint density at radius 1 is 0.621 bits per heavy atom. The van der Waals surface area contributed by atoms with E-state index >= 15 is 0 Å². The number of halogens is 4. The van der Waals surface area contributed by atoms with Gasteiger partial charge >= 0.3 is 0 Å². The number of aromatic hydroxyl groups is 1. The van der Waals surface area contributed by atoms with Crippen molar-refractivity contribution in [2.45, 2.75) is 0 Å². The molecule has 0 amide bonds. The number of hydrogen-bond donors (Lipinski definition) is 1. The van der Waals surface area contributed by atoms with Gasteiger partial charge in [0.15, 0.2) is 17.4 Å². The average Bonchev–Trinajstić information content (AvgIpc) is 2.77. The summed E-state index contributed by atoms with van der Waals surface area (Å²) in [6.07, 6.45) is 3.01. The first-order valence-electron chi connectivity index (χ1n) is 8.37. The topological polar surface area (TPSA) is 58.9 Å². The number of phenols is 1. The van der Waals surface area contributed by atoms with Gasteiger partial charge in [0.1, 0.15) is 0 Å². The van der Waals surface area contributed by atoms with Crippen LogP contribution in [0.3, 0.4) is 0 Å². The highest BCUT2D eigenvalue weighted by atomic mass is 19.2. The van der Waals surface area contributed by atoms with Gasteiger partial charge < -0.3 is 5.11 Å². The Morgan fingerprint density at radius 3 is 1.52 bits per heavy atom. The maximum absolute atomic E-state index is 14.5. The van der Waals surface area contributed by atoms with E-state index in [1.807, 2.05) is 0 Å². The van der Waals surface area contributed by atoms with Crippen LogP contribution in [0, 0.1) is 23.3 Å². The number of phenolic OH excluding ortho intramolecular Hbond substituents is 1. The van der Waals surface area contributed by atoms with Crippen LogP contribution in [-0.4, -0.2) is 20.1 Å². The first kappa shape index (κ1) is 18.5. The lowest BCUT2D eigenvalue weighted by atomic mass is 10.0. The minimum Gasteiger partial charge on any atom is -0.503 e. The van der Waals surface area contributed by atoms with Gasteiger partial charge in [0.25, 0.3) is 0 Å². The van der Waals surface area contributed by atoms with E-state index in [2.05, 4.69) is 15.0 Å². The van der Waals surface area contributed by atoms with Crippen molar-refractivity contribution < 1.29 is 22.7 Å². The molecule has 1 N–H and O–H groups in total. The Hall–Kier alpha value is -3.81. The highest BCUT2D eigenvalue weighted by molar-refractivity contribution is 5.75. The lowest BCUT2D eigenvalue weighted by molar-refractivity contribution is 0.358. The van der Waals surface area contributed by atoms with Crippen LogP contribution in [0.25, 0.3) is 33.9 Å². The van der Waals surface area contributed by atoms with Crippen molar-refractivity contribution >= 4 is 0 Å². The third-order valence-corrected chi connectivity index (χ3v) is 4.21. The van der Waals surface area contributed by atoms with E-state index < -0.39 is 34.6 Å². The summed E-state index contributed by atoms with van der Waals surface area (Å²) in [5, 5.41) is 9.24. The summed E-state index contributed by atoms with van der Waals surface area (Å²) < 4.78 is 56.7. The number of benzene rings is 1. The maximum atomic E-state index is 14.5. The van der Waals surface area contributed by atoms with Gasteiger partial charge in [-0.2, -0.15) is 8.78 Å². The van der Waals surface area contributed by atoms with Gasteiger partial charge in [-0.15, -0.1) is 0 Å². The molecule has 0 radical (unpaired) electrons. The van der Waals surface area contributed by atoms with Crippen molar-refractivity contribution in [2.75, 3.05) is 0 Å². The predicted molar refractivity (Wildman–Crippen MR) is 97.6 cm³/mol. The molecule has 3 aromatic heterocycles. The minimum atomic E-state index is -1.88. The van der Waals surface area contributed by atoms with Crippen LogP contribution in [0.1, 0.15) is 0 Å². The van der Waals surface area contributed by atoms with E-state index in [4.69, 9.17) is 0 Å². The van der Waals surface area contributed by atoms with E-state index in [0.29, 0.717) is 11.4 Å². The number of pyridine rings is 3. The fourth-order valence-corrected chi connectivity index (χ4v) is 2.84. The van der Waals surface area contributed by atoms with Crippen molar-refractivity contribution in [3.63, 3.8) is 0 Å². The Kier molecular flexibility index (Phi) is 4.67. The molecular formula is C21H11F4N3O. The maximum Gasteiger partial charge on any atom is 0.204 e. The number of hydrogen-bond acceptors (Lipinski definition) is 4. The molecule has 0 saturated carbocycles. The lowest BCUT2D eigenvalue weighted by Gasteiger charge is -2.12. The second kappa shape index (κ2) is 7.31. The Balaban J connectivity index is 2.02. The Morgan fingerprint density at radius 2 is 1.10 bits per heavy atom. The van der Waals surface area contributed by atoms with Gasteiger partial charge in [0.2, 0.25) is 11.6 Å². The molecule has 0 unspecified atom stereocenters. The summed E-state index contributed by atoms with van der Waals surface area (Å²) in [6, 6.07) is 12.5. The van der Waals surface area contributed by atoms with Crippen LogP contribution in [0.4, 0.5) is 17.6 Å². The fourth-order valence-electron chi connectivity index (χ4n) is 2.84. The summed E-state index contributed by atoms with van der Waals surface area (Å²) in [5.74, 6) is -8.91. The first-order valence-corrected chi connectivity index (χ1v) is 8.37. The largest absolute Gasteiger partial charge is 0.503 e. The predicted octanol–water partition coefficient (Wildman–Crippen LogP) is 5.13. The van der Waals surface area contributed by atoms with Crippen molar-refractivity contribution in [1.82, 2.24) is 15.0 Å². The Labute approximate surface area is 162 Å². The van der Waals surface area contributed by atoms with Crippen LogP contribution in [0.2, 0.25) is 0 Å². The summed E-state index contributed by atoms with van der Waals surface area (Å²) in [4.78, 5) is 12.7. The van der Waals surface area contributed by atoms with E-state index in [9.17, 15) is 22.7 Å². The van der Waals surface area contributed by atoms with Gasteiger partial charge in [0, 0.05) is 12.4 Å². The van der Waals surface area contributed by atoms with Crippen molar-refractivity contribution in [2.24, 2.45) is 0 Å². The number of rotatable bonds is 3. The highest BCUT2D eigenvalue weighted by Crippen LogP contribution is 2.37. The third kappa shape index (κ3) is 3.29. The second-order valence-corrected chi connectivity index (χ2v) is 6.04. The molecule has 29 heavy (non-hydrogen) atoms. The van der Waals surface area contributed by atoms with Gasteiger partial charge in [-0.25, -0.2) is 13.8 Å². The van der Waals surface area contributed by atoms with Crippen LogP contribution >= 0.6 is 0 Å². The molecule has 0 saturated heterocycles. The van der Waals surface area contributed by atoms with Gasteiger partial charge in [0.05, 0.1) is 28.3 Å². The number of nitrogens with zero attached hydrogens (tertiary/aromatic N) is 3. The monoisotopic (exact) mass is 397 g/mol. The molecule has 0 fully saturated rings. The molecular weight excluding hydrogens is 386 g/mol. The second-order valence-electron chi connectivity index (χ2n) is 6.04. The summed E-state index contributed by atoms with van der Waals surface area (Å²) in [6.45, 7) is 0. The van der Waals surface area contributed by atoms with Gasteiger partial charge in [-0.05, 0) is 42.0 Å². The quantitative estimate of drug-likeness (QED) is 0.384. The Bertz CT molecular complexity index is 1110. The normalized spacial score (nSPS) is 10.9. The van der Waals surface area contributed by atoms with Crippen LogP contribution in [-0.2, 0) is 0 Å². The average molecular weight is 397 g/mol. The fraction of sp³-hybridized carbons (Fsp3) is 0. The molecule has 1 aromatic carbocycles. The van der Waals surface area contributed by atoms with Gasteiger partial charge in [-0.1, -0.05) is 12.1 Å². The van der Waals surface area contributed by atoms with E-state index in [1.165, 1.54) is 24.5 Å². The van der Waals surface area contributed by atoms with E-state index in [1.54, 1.807) is 36.4 Å². The molecule has 0 spiro atoms. The molecule has 4 aromatic rings. The van der Waals surface area contributed by atoms with E-state index in [0.717, 1.165) is 0 Å². The molecule has 0 atom stereocenters. The third-order valence-electron chi connectivity index (χ3n) is 4.21. The smallest absolute Gasteiger partial charge is 0.204 e. The van der Waals surface area contributed by atoms with Crippen LogP contribution in [0.5, 0.6) is 5.75 Å². The zero-order valence-corrected chi connectivity index (χ0v) is 14.6. The molecule has 8 heteroatoms. The zero-order chi connectivity index (χ0) is 20.5. The van der Waals surface area contributed by atoms with Crippen molar-refractivity contribution in [1.29, 1.82) is 0 Å². The SMILES string of the molecule is Oc1c(F)c(F)c(-c2cc(-c3ccccn3)nc(-c3ccccn3)c2)c(F)c1F. The summed E-state index contributed by atoms with van der Waals surface area (Å²) in [5.41, 5.74) is 0.0516. The molecule has 4 nitrogen and oxygen atoms in total. The molecule has 144 valence electrons. The lowest BCUT2D eigenvalue weighted by Crippen LogP contribution is -2.01. The zero-order valence-electron chi connectivity index (χ0n) is 14.6. The molecule has 0 aliphatic rings. The standard InChI is InChI=1S/C21H11F4N3O/c22-17-16(18(23)20(25)21(29)19(17)24)11-9-14(12-5-1-3-7-26-12)28-15(10-11)13-6-2-4-8-27-13/h1-10,29H. The summed E-state index contributed by atoms with van der Waals surface area (Å²) in [7, 11) is 0. The number of aromatic nitrogens is 3. The molecule has 0 aliphatic heterocycles. The molecule has 3 heterocycles. The molecule has 4 rings (SSSR count). The van der Waals surface area contributed by atoms with Crippen molar-refractivity contribution in [3.8, 4) is 39.7 Å². The highest BCUT2D eigenvalue weighted by Gasteiger charge is 2.27. The molecule has 0 aliphatic carbocycles. The first-order chi connectivity index (χ1) is 14.0.